The average molecular weight is 1160 g/mol. The largest absolute Gasteiger partial charge is 0.464 e. The van der Waals surface area contributed by atoms with E-state index in [-0.39, 0.29) is 51.6 Å². The zero-order valence-electron chi connectivity index (χ0n) is 50.4. The first-order valence-electron chi connectivity index (χ1n) is 28.4. The molecule has 0 aromatic carbocycles. The Morgan fingerprint density at radius 1 is 0.713 bits per heavy atom. The van der Waals surface area contributed by atoms with Gasteiger partial charge in [-0.15, -0.1) is 23.1 Å². The number of rotatable bonds is 25. The number of aromatic nitrogens is 1. The van der Waals surface area contributed by atoms with E-state index in [1.54, 1.807) is 17.7 Å². The maximum Gasteiger partial charge on any atom is 0.353 e. The summed E-state index contributed by atoms with van der Waals surface area (Å²) in [5.41, 5.74) is 4.69. The van der Waals surface area contributed by atoms with Gasteiger partial charge in [0.1, 0.15) is 22.8 Å². The predicted molar refractivity (Wildman–Crippen MR) is 322 cm³/mol. The summed E-state index contributed by atoms with van der Waals surface area (Å²) in [6.45, 7) is 36.1. The molecule has 19 nitrogen and oxygen atoms in total. The number of nitrogens with two attached hydrogens (primary N) is 1. The number of hydrogen-bond acceptors (Lipinski definition) is 15. The molecule has 0 spiro atoms. The Labute approximate surface area is 487 Å². The van der Waals surface area contributed by atoms with E-state index in [2.05, 4.69) is 114 Å². The lowest BCUT2D eigenvalue weighted by molar-refractivity contribution is -0.138. The van der Waals surface area contributed by atoms with E-state index in [4.69, 9.17) is 10.5 Å². The summed E-state index contributed by atoms with van der Waals surface area (Å²) in [4.78, 5) is 95.8. The number of hydrogen-bond donors (Lipinski definition) is 7. The van der Waals surface area contributed by atoms with Gasteiger partial charge >= 0.3 is 11.9 Å². The maximum absolute atomic E-state index is 12.4. The van der Waals surface area contributed by atoms with Gasteiger partial charge in [0.15, 0.2) is 0 Å². The number of thioether (sulfide) groups is 1. The van der Waals surface area contributed by atoms with Gasteiger partial charge in [-0.25, -0.2) is 14.6 Å². The van der Waals surface area contributed by atoms with E-state index in [1.165, 1.54) is 107 Å². The second-order valence-corrected chi connectivity index (χ2v) is 21.8. The van der Waals surface area contributed by atoms with Crippen LogP contribution in [0.25, 0.3) is 0 Å². The fourth-order valence-electron chi connectivity index (χ4n) is 7.45. The summed E-state index contributed by atoms with van der Waals surface area (Å²) in [5, 5.41) is 19.2. The van der Waals surface area contributed by atoms with Crippen molar-refractivity contribution in [3.63, 3.8) is 0 Å². The number of methoxy groups -OCH3 is 2. The van der Waals surface area contributed by atoms with E-state index in [0.29, 0.717) is 30.9 Å². The molecule has 454 valence electrons. The van der Waals surface area contributed by atoms with Crippen LogP contribution in [0.2, 0.25) is 0 Å². The predicted octanol–water partition coefficient (Wildman–Crippen LogP) is 10.0. The summed E-state index contributed by atoms with van der Waals surface area (Å²) in [5.74, 6) is -1.93. The summed E-state index contributed by atoms with van der Waals surface area (Å²) >= 11 is 2.76. The van der Waals surface area contributed by atoms with Crippen molar-refractivity contribution in [2.24, 2.45) is 29.4 Å². The van der Waals surface area contributed by atoms with Crippen LogP contribution in [-0.2, 0) is 47.8 Å². The minimum atomic E-state index is -0.785. The Bertz CT molecular complexity index is 2130. The smallest absolute Gasteiger partial charge is 0.353 e. The Morgan fingerprint density at radius 2 is 1.24 bits per heavy atom. The van der Waals surface area contributed by atoms with E-state index < -0.39 is 35.6 Å². The van der Waals surface area contributed by atoms with Crippen molar-refractivity contribution >= 4 is 70.5 Å². The molecule has 0 radical (unpaired) electrons. The Hall–Kier alpha value is -5.80. The third-order valence-electron chi connectivity index (χ3n) is 12.8. The fraction of sp³-hybridized carbons (Fsp3) is 0.644. The molecular formula is C59H100N8O11S2. The number of esters is 2. The summed E-state index contributed by atoms with van der Waals surface area (Å²) in [7, 11) is 2.31. The maximum atomic E-state index is 12.4. The van der Waals surface area contributed by atoms with Crippen LogP contribution in [0.1, 0.15) is 193 Å². The number of carbonyl (C=O) groups excluding carboxylic acids is 8. The van der Waals surface area contributed by atoms with Crippen LogP contribution >= 0.6 is 23.1 Å². The lowest BCUT2D eigenvalue weighted by atomic mass is 9.90. The quantitative estimate of drug-likeness (QED) is 0.0273. The Morgan fingerprint density at radius 3 is 1.66 bits per heavy atom. The lowest BCUT2D eigenvalue weighted by Crippen LogP contribution is -2.40. The molecule has 4 rings (SSSR count). The van der Waals surface area contributed by atoms with Crippen molar-refractivity contribution < 1.29 is 52.6 Å². The molecule has 21 heteroatoms. The summed E-state index contributed by atoms with van der Waals surface area (Å²) in [6, 6.07) is 0.462. The van der Waals surface area contributed by atoms with Crippen LogP contribution in [0.5, 0.6) is 0 Å². The van der Waals surface area contributed by atoms with Crippen molar-refractivity contribution in [1.29, 1.82) is 0 Å². The third kappa shape index (κ3) is 35.0. The standard InChI is InChI=1S/C17H33NO.C12H15N3O4S.C12H13N3O4S.C10H22.C6H11NO2.C2H6/c1-4-9-15(13-12-14(3)5-2)17(19)18-16-10-7-6-8-11-16;2*1-6(10(16)14-7(2)12(18)19-4)13-11(17)9-5-20-8(3)15-9;1-4-6-7-8-9-10(3)5-2;7-6(8)5-1-3-9-4-2-5;1-2/h14-16H,4-13H2,1-3H3,(H,18,19);5,8,15H,1-2H2,3-4H3,(H,13,17)(H,14,16);5H,1-2H2,3-4H3,(H,13,17)(H,14,16);10H,4-9H2,1-3H3;5H,1-4H2,(H2,7,8);1-2H3. The third-order valence-corrected chi connectivity index (χ3v) is 14.5. The molecule has 4 atom stereocenters. The first kappa shape index (κ1) is 76.3. The van der Waals surface area contributed by atoms with E-state index in [9.17, 15) is 38.4 Å². The van der Waals surface area contributed by atoms with Gasteiger partial charge in [0, 0.05) is 41.9 Å². The van der Waals surface area contributed by atoms with Gasteiger partial charge in [0.25, 0.3) is 23.6 Å². The van der Waals surface area contributed by atoms with Crippen molar-refractivity contribution in [2.45, 2.75) is 196 Å². The molecule has 1 saturated heterocycles. The second kappa shape index (κ2) is 45.9. The van der Waals surface area contributed by atoms with Crippen molar-refractivity contribution in [3.8, 4) is 0 Å². The van der Waals surface area contributed by atoms with E-state index in [1.807, 2.05) is 20.8 Å². The minimum absolute atomic E-state index is 0.0683. The van der Waals surface area contributed by atoms with Crippen LogP contribution in [-0.4, -0.2) is 91.2 Å². The molecule has 0 bridgehead atoms. The molecule has 1 aromatic heterocycles. The second-order valence-electron chi connectivity index (χ2n) is 19.5. The molecule has 1 aromatic rings. The molecule has 3 heterocycles. The number of ether oxygens (including phenoxy) is 3. The summed E-state index contributed by atoms with van der Waals surface area (Å²) < 4.78 is 13.8. The number of nitrogens with zero attached hydrogens (tertiary/aromatic N) is 1. The van der Waals surface area contributed by atoms with E-state index in [0.717, 1.165) is 63.2 Å². The number of amides is 6. The first-order valence-corrected chi connectivity index (χ1v) is 30.2. The highest BCUT2D eigenvalue weighted by atomic mass is 32.2. The van der Waals surface area contributed by atoms with Crippen LogP contribution in [0.15, 0.2) is 65.6 Å². The Kier molecular flexibility index (Phi) is 43.7. The topological polar surface area (TPSA) is 275 Å². The number of primary amides is 1. The van der Waals surface area contributed by atoms with Crippen molar-refractivity contribution in [1.82, 2.24) is 36.9 Å². The monoisotopic (exact) mass is 1160 g/mol. The molecule has 6 amide bonds. The van der Waals surface area contributed by atoms with E-state index >= 15 is 0 Å². The Balaban J connectivity index is 0. The molecule has 3 aliphatic rings. The number of carbonyl (C=O) groups is 8. The van der Waals surface area contributed by atoms with Gasteiger partial charge in [-0.2, -0.15) is 0 Å². The number of unbranched alkanes of at least 4 members (excludes halogenated alkanes) is 3. The van der Waals surface area contributed by atoms with Crippen molar-refractivity contribution in [3.05, 3.63) is 76.3 Å². The molecule has 4 unspecified atom stereocenters. The summed E-state index contributed by atoms with van der Waals surface area (Å²) in [6.07, 6.45) is 22.0. The minimum Gasteiger partial charge on any atom is -0.464 e. The molecule has 8 N–H and O–H groups in total. The van der Waals surface area contributed by atoms with Crippen LogP contribution in [0.3, 0.4) is 0 Å². The van der Waals surface area contributed by atoms with Gasteiger partial charge in [-0.05, 0) is 70.6 Å². The number of thiazole rings is 1. The van der Waals surface area contributed by atoms with Gasteiger partial charge in [-0.3, -0.25) is 28.8 Å². The highest BCUT2D eigenvalue weighted by Crippen LogP contribution is 2.23. The van der Waals surface area contributed by atoms with Crippen LogP contribution in [0.4, 0.5) is 0 Å². The molecular weight excluding hydrogens is 1060 g/mol. The zero-order chi connectivity index (χ0) is 61.2. The molecule has 1 aliphatic carbocycles. The first-order chi connectivity index (χ1) is 38.0. The van der Waals surface area contributed by atoms with Gasteiger partial charge in [-0.1, -0.05) is 152 Å². The van der Waals surface area contributed by atoms with Crippen LogP contribution < -0.4 is 37.6 Å². The normalized spacial score (nSPS) is 15.4. The fourth-order valence-corrected chi connectivity index (χ4v) is 8.76. The van der Waals surface area contributed by atoms with Gasteiger partial charge in [0.05, 0.1) is 36.0 Å². The molecule has 2 aliphatic heterocycles. The highest BCUT2D eigenvalue weighted by molar-refractivity contribution is 8.03. The highest BCUT2D eigenvalue weighted by Gasteiger charge is 2.24. The number of nitrogens with one attached hydrogen (secondary N) is 6. The zero-order valence-corrected chi connectivity index (χ0v) is 52.1. The molecule has 1 saturated carbocycles. The SMILES string of the molecule is C=C(NC(=O)C1=CSC(C)N1)C(=O)NC(=C)C(=O)OC.C=C(NC(=O)c1csc(C)n1)C(=O)NC(=C)C(=O)OC.CC.CCCC(CCC(C)CC)C(=O)NC1CCCCC1.CCCCCCC(C)CC.NC(=O)C1CCOCC1. The number of aryl methyl sites for hydroxylation is 1. The average Bonchev–Trinajstić information content (AvgIpc) is 4.11. The van der Waals surface area contributed by atoms with Crippen LogP contribution in [0, 0.1) is 30.6 Å². The van der Waals surface area contributed by atoms with Gasteiger partial charge < -0.3 is 51.8 Å². The molecule has 2 fully saturated rings. The lowest BCUT2D eigenvalue weighted by Gasteiger charge is -2.26. The van der Waals surface area contributed by atoms with Crippen molar-refractivity contribution in [2.75, 3.05) is 27.4 Å². The van der Waals surface area contributed by atoms with Gasteiger partial charge in [0.2, 0.25) is 11.8 Å². The molecule has 80 heavy (non-hydrogen) atoms.